The van der Waals surface area contributed by atoms with Gasteiger partial charge in [-0.25, -0.2) is 4.79 Å². The molecule has 0 bridgehead atoms. The van der Waals surface area contributed by atoms with E-state index in [-0.39, 0.29) is 0 Å². The van der Waals surface area contributed by atoms with Crippen LogP contribution in [0.15, 0.2) is 11.9 Å². The van der Waals surface area contributed by atoms with E-state index in [0.717, 1.165) is 5.70 Å². The minimum Gasteiger partial charge on any atom is -0.480 e. The van der Waals surface area contributed by atoms with E-state index in [1.165, 1.54) is 0 Å². The van der Waals surface area contributed by atoms with Crippen molar-refractivity contribution in [3.63, 3.8) is 0 Å². The molecule has 5 nitrogen and oxygen atoms in total. The first-order valence-electron chi connectivity index (χ1n) is 3.33. The Morgan fingerprint density at radius 3 is 2.82 bits per heavy atom. The van der Waals surface area contributed by atoms with E-state index >= 15 is 0 Å². The van der Waals surface area contributed by atoms with Crippen LogP contribution in [0, 0.1) is 0 Å². The van der Waals surface area contributed by atoms with Gasteiger partial charge in [-0.2, -0.15) is 0 Å². The molecule has 3 N–H and O–H groups in total. The summed E-state index contributed by atoms with van der Waals surface area (Å²) in [6.07, 6.45) is 1.71. The van der Waals surface area contributed by atoms with Gasteiger partial charge in [0.2, 0.25) is 0 Å². The van der Waals surface area contributed by atoms with Gasteiger partial charge in [-0.1, -0.05) is 0 Å². The van der Waals surface area contributed by atoms with E-state index in [1.807, 2.05) is 6.92 Å². The van der Waals surface area contributed by atoms with Crippen molar-refractivity contribution in [2.24, 2.45) is 0 Å². The van der Waals surface area contributed by atoms with Crippen LogP contribution in [0.2, 0.25) is 0 Å². The molecule has 0 aromatic carbocycles. The van der Waals surface area contributed by atoms with E-state index in [9.17, 15) is 4.79 Å². The van der Waals surface area contributed by atoms with Crippen molar-refractivity contribution in [3.05, 3.63) is 11.9 Å². The topological polar surface area (TPSA) is 64.6 Å². The number of allylic oxidation sites excluding steroid dienone is 1. The Labute approximate surface area is 64.6 Å². The van der Waals surface area contributed by atoms with Gasteiger partial charge in [0, 0.05) is 11.9 Å². The number of carboxylic acid groups (broad SMARTS) is 1. The van der Waals surface area contributed by atoms with E-state index in [1.54, 1.807) is 18.1 Å². The average Bonchev–Trinajstić information content (AvgIpc) is 2.33. The highest BCUT2D eigenvalue weighted by Gasteiger charge is 2.22. The van der Waals surface area contributed by atoms with Crippen molar-refractivity contribution < 1.29 is 9.90 Å². The van der Waals surface area contributed by atoms with Gasteiger partial charge in [0.25, 0.3) is 0 Å². The van der Waals surface area contributed by atoms with Crippen molar-refractivity contribution in [2.45, 2.75) is 19.9 Å². The largest absolute Gasteiger partial charge is 0.480 e. The summed E-state index contributed by atoms with van der Waals surface area (Å²) in [4.78, 5) is 10.5. The Hall–Kier alpha value is -1.23. The third-order valence-electron chi connectivity index (χ3n) is 1.59. The smallest absolute Gasteiger partial charge is 0.327 e. The molecular formula is C6H11N3O2. The first-order chi connectivity index (χ1) is 5.13. The number of aliphatic carboxylic acids is 1. The van der Waals surface area contributed by atoms with Crippen molar-refractivity contribution in [1.82, 2.24) is 16.0 Å². The Kier molecular flexibility index (Phi) is 2.00. The fourth-order valence-corrected chi connectivity index (χ4v) is 0.877. The highest BCUT2D eigenvalue weighted by molar-refractivity contribution is 5.73. The standard InChI is InChI=1S/C6H11N3O2/c1-4-3-7-8-9(4)5(2)6(10)11/h3,5,7-8H,1-2H3,(H,10,11). The van der Waals surface area contributed by atoms with Crippen LogP contribution < -0.4 is 11.0 Å². The molecule has 0 spiro atoms. The minimum absolute atomic E-state index is 0.554. The zero-order valence-electron chi connectivity index (χ0n) is 6.46. The van der Waals surface area contributed by atoms with Crippen LogP contribution in [0.1, 0.15) is 13.8 Å². The molecule has 1 unspecified atom stereocenters. The number of nitrogens with zero attached hydrogens (tertiary/aromatic N) is 1. The Balaban J connectivity index is 2.61. The molecule has 0 amide bonds. The Morgan fingerprint density at radius 2 is 2.45 bits per heavy atom. The van der Waals surface area contributed by atoms with E-state index < -0.39 is 12.0 Å². The molecule has 1 rings (SSSR count). The van der Waals surface area contributed by atoms with Crippen molar-refractivity contribution in [2.75, 3.05) is 0 Å². The molecule has 1 aliphatic rings. The molecule has 0 radical (unpaired) electrons. The van der Waals surface area contributed by atoms with Crippen LogP contribution in [-0.2, 0) is 4.79 Å². The maximum absolute atomic E-state index is 10.5. The summed E-state index contributed by atoms with van der Waals surface area (Å²) < 4.78 is 0. The predicted octanol–water partition coefficient (Wildman–Crippen LogP) is -0.354. The summed E-state index contributed by atoms with van der Waals surface area (Å²) in [5.41, 5.74) is 6.27. The van der Waals surface area contributed by atoms with Gasteiger partial charge in [-0.3, -0.25) is 5.01 Å². The second-order valence-electron chi connectivity index (χ2n) is 2.43. The third-order valence-corrected chi connectivity index (χ3v) is 1.59. The quantitative estimate of drug-likeness (QED) is 0.511. The number of hydrogen-bond donors (Lipinski definition) is 3. The lowest BCUT2D eigenvalue weighted by atomic mass is 10.3. The highest BCUT2D eigenvalue weighted by Crippen LogP contribution is 2.07. The summed E-state index contributed by atoms with van der Waals surface area (Å²) in [6.45, 7) is 3.44. The lowest BCUT2D eigenvalue weighted by Gasteiger charge is -2.22. The molecule has 62 valence electrons. The lowest BCUT2D eigenvalue weighted by Crippen LogP contribution is -2.46. The first kappa shape index (κ1) is 7.87. The molecule has 0 aromatic rings. The van der Waals surface area contributed by atoms with Crippen LogP contribution in [0.3, 0.4) is 0 Å². The molecule has 0 saturated carbocycles. The molecule has 1 aliphatic heterocycles. The predicted molar refractivity (Wildman–Crippen MR) is 39.0 cm³/mol. The summed E-state index contributed by atoms with van der Waals surface area (Å²) in [6, 6.07) is -0.554. The monoisotopic (exact) mass is 157 g/mol. The molecule has 5 heteroatoms. The number of carboxylic acids is 1. The molecule has 0 aromatic heterocycles. The fraction of sp³-hybridized carbons (Fsp3) is 0.500. The molecular weight excluding hydrogens is 146 g/mol. The number of carbonyl (C=O) groups is 1. The molecule has 1 heterocycles. The zero-order valence-corrected chi connectivity index (χ0v) is 6.46. The van der Waals surface area contributed by atoms with Crippen molar-refractivity contribution in [3.8, 4) is 0 Å². The Bertz CT molecular complexity index is 202. The summed E-state index contributed by atoms with van der Waals surface area (Å²) in [5, 5.41) is 10.2. The number of hydrogen-bond acceptors (Lipinski definition) is 4. The molecule has 0 fully saturated rings. The van der Waals surface area contributed by atoms with Gasteiger partial charge in [0.05, 0.1) is 0 Å². The van der Waals surface area contributed by atoms with Crippen LogP contribution in [0.25, 0.3) is 0 Å². The van der Waals surface area contributed by atoms with Gasteiger partial charge in [-0.15, -0.1) is 5.53 Å². The number of nitrogens with one attached hydrogen (secondary N) is 2. The Morgan fingerprint density at radius 1 is 1.82 bits per heavy atom. The second-order valence-corrected chi connectivity index (χ2v) is 2.43. The molecule has 1 atom stereocenters. The van der Waals surface area contributed by atoms with Crippen LogP contribution in [0.5, 0.6) is 0 Å². The zero-order chi connectivity index (χ0) is 8.43. The van der Waals surface area contributed by atoms with E-state index in [2.05, 4.69) is 11.0 Å². The average molecular weight is 157 g/mol. The van der Waals surface area contributed by atoms with Crippen molar-refractivity contribution >= 4 is 5.97 Å². The SMILES string of the molecule is CC1=CNNN1C(C)C(=O)O. The summed E-state index contributed by atoms with van der Waals surface area (Å²) in [7, 11) is 0. The second kappa shape index (κ2) is 2.79. The lowest BCUT2D eigenvalue weighted by molar-refractivity contribution is -0.142. The van der Waals surface area contributed by atoms with Crippen LogP contribution in [0.4, 0.5) is 0 Å². The van der Waals surface area contributed by atoms with Gasteiger partial charge < -0.3 is 10.5 Å². The maximum atomic E-state index is 10.5. The first-order valence-corrected chi connectivity index (χ1v) is 3.33. The van der Waals surface area contributed by atoms with Gasteiger partial charge in [-0.05, 0) is 13.8 Å². The fourth-order valence-electron chi connectivity index (χ4n) is 0.877. The molecule has 11 heavy (non-hydrogen) atoms. The highest BCUT2D eigenvalue weighted by atomic mass is 16.4. The van der Waals surface area contributed by atoms with Gasteiger partial charge >= 0.3 is 5.97 Å². The van der Waals surface area contributed by atoms with Gasteiger partial charge in [0.15, 0.2) is 0 Å². The normalized spacial score (nSPS) is 19.1. The summed E-state index contributed by atoms with van der Waals surface area (Å²) >= 11 is 0. The number of hydrazine groups is 2. The van der Waals surface area contributed by atoms with Crippen LogP contribution >= 0.6 is 0 Å². The molecule has 0 aliphatic carbocycles. The van der Waals surface area contributed by atoms with Crippen molar-refractivity contribution in [1.29, 1.82) is 0 Å². The maximum Gasteiger partial charge on any atom is 0.327 e. The minimum atomic E-state index is -0.853. The third kappa shape index (κ3) is 1.43. The van der Waals surface area contributed by atoms with Gasteiger partial charge in [0.1, 0.15) is 6.04 Å². The molecule has 0 saturated heterocycles. The summed E-state index contributed by atoms with van der Waals surface area (Å²) in [5.74, 6) is -0.853. The number of rotatable bonds is 2. The van der Waals surface area contributed by atoms with E-state index in [0.29, 0.717) is 0 Å². The van der Waals surface area contributed by atoms with E-state index in [4.69, 9.17) is 5.11 Å². The van der Waals surface area contributed by atoms with Crippen LogP contribution in [-0.4, -0.2) is 22.1 Å².